The van der Waals surface area contributed by atoms with Gasteiger partial charge in [0.05, 0.1) is 5.92 Å². The van der Waals surface area contributed by atoms with E-state index in [1.807, 2.05) is 59.5 Å². The summed E-state index contributed by atoms with van der Waals surface area (Å²) in [5.74, 6) is -0.413. The number of nitrogens with one attached hydrogen (secondary N) is 1. The van der Waals surface area contributed by atoms with Crippen molar-refractivity contribution in [2.45, 2.75) is 57.1 Å². The zero-order chi connectivity index (χ0) is 30.8. The van der Waals surface area contributed by atoms with E-state index in [2.05, 4.69) is 10.3 Å². The van der Waals surface area contributed by atoms with Gasteiger partial charge in [0, 0.05) is 38.8 Å². The maximum atomic E-state index is 12.9. The summed E-state index contributed by atoms with van der Waals surface area (Å²) in [7, 11) is 3.24. The van der Waals surface area contributed by atoms with Crippen molar-refractivity contribution in [1.29, 1.82) is 0 Å². The quantitative estimate of drug-likeness (QED) is 0.270. The van der Waals surface area contributed by atoms with Crippen molar-refractivity contribution in [3.63, 3.8) is 0 Å². The number of ether oxygens (including phenoxy) is 2. The molecule has 3 N–H and O–H groups in total. The van der Waals surface area contributed by atoms with E-state index < -0.39 is 6.09 Å². The highest BCUT2D eigenvalue weighted by atomic mass is 16.5. The number of amidine groups is 1. The van der Waals surface area contributed by atoms with Crippen molar-refractivity contribution >= 4 is 29.8 Å². The summed E-state index contributed by atoms with van der Waals surface area (Å²) >= 11 is 0. The van der Waals surface area contributed by atoms with Crippen molar-refractivity contribution in [1.82, 2.24) is 15.1 Å². The lowest BCUT2D eigenvalue weighted by Gasteiger charge is -2.35. The average molecular weight is 592 g/mol. The van der Waals surface area contributed by atoms with Gasteiger partial charge in [-0.15, -0.1) is 0 Å². The molecule has 0 radical (unpaired) electrons. The molecule has 1 aliphatic carbocycles. The maximum Gasteiger partial charge on any atom is 0.435 e. The number of amides is 4. The number of urea groups is 1. The fraction of sp³-hybridized carbons (Fsp3) is 0.469. The molecule has 1 saturated carbocycles. The molecule has 11 heteroatoms. The van der Waals surface area contributed by atoms with Gasteiger partial charge < -0.3 is 30.3 Å². The molecule has 0 aromatic heterocycles. The molecule has 4 amide bonds. The standard InChI is InChI=1S/C32H41N5O6/c1-36(2)28(38)21-42-30(39)26-12-14-27(15-13-26)34-31(40)37-18-16-24(17-19-37)23-8-10-25(11-9-23)29(33)35-32(41)43-20-22-6-4-3-5-7-22/h3-11,24,26-27H,12-21H2,1-2H3,(H,34,40)(H2,33,35,41). The number of esters is 1. The van der Waals surface area contributed by atoms with Crippen molar-refractivity contribution in [3.8, 4) is 0 Å². The highest BCUT2D eigenvalue weighted by Crippen LogP contribution is 2.29. The smallest absolute Gasteiger partial charge is 0.435 e. The van der Waals surface area contributed by atoms with Crippen LogP contribution in [0, 0.1) is 5.92 Å². The molecule has 0 bridgehead atoms. The van der Waals surface area contributed by atoms with Gasteiger partial charge in [0.2, 0.25) is 0 Å². The van der Waals surface area contributed by atoms with Gasteiger partial charge in [-0.25, -0.2) is 9.59 Å². The number of likely N-dealkylation sites (tertiary alicyclic amines) is 1. The molecule has 2 aromatic carbocycles. The van der Waals surface area contributed by atoms with E-state index in [1.165, 1.54) is 4.90 Å². The molecule has 4 rings (SSSR count). The number of hydrogen-bond acceptors (Lipinski definition) is 6. The average Bonchev–Trinajstić information content (AvgIpc) is 3.03. The zero-order valence-electron chi connectivity index (χ0n) is 24.9. The molecule has 0 atom stereocenters. The Bertz CT molecular complexity index is 1280. The third-order valence-corrected chi connectivity index (χ3v) is 8.10. The summed E-state index contributed by atoms with van der Waals surface area (Å²) < 4.78 is 10.3. The number of hydrogen-bond donors (Lipinski definition) is 2. The number of benzene rings is 2. The lowest BCUT2D eigenvalue weighted by Crippen LogP contribution is -2.48. The Morgan fingerprint density at radius 3 is 2.19 bits per heavy atom. The van der Waals surface area contributed by atoms with Gasteiger partial charge in [-0.2, -0.15) is 4.99 Å². The highest BCUT2D eigenvalue weighted by molar-refractivity contribution is 6.02. The molecular formula is C32H41N5O6. The summed E-state index contributed by atoms with van der Waals surface area (Å²) in [5.41, 5.74) is 8.70. The third kappa shape index (κ3) is 9.29. The zero-order valence-corrected chi connectivity index (χ0v) is 24.9. The Kier molecular flexibility index (Phi) is 11.1. The van der Waals surface area contributed by atoms with Crippen LogP contribution in [0.25, 0.3) is 0 Å². The number of carbonyl (C=O) groups is 4. The first-order valence-corrected chi connectivity index (χ1v) is 14.8. The van der Waals surface area contributed by atoms with Crippen LogP contribution in [0.3, 0.4) is 0 Å². The van der Waals surface area contributed by atoms with Gasteiger partial charge in [0.25, 0.3) is 5.91 Å². The maximum absolute atomic E-state index is 12.9. The van der Waals surface area contributed by atoms with Gasteiger partial charge in [-0.05, 0) is 55.6 Å². The van der Waals surface area contributed by atoms with E-state index in [-0.39, 0.29) is 48.9 Å². The van der Waals surface area contributed by atoms with Crippen LogP contribution in [0.2, 0.25) is 0 Å². The molecular weight excluding hydrogens is 550 g/mol. The second kappa shape index (κ2) is 15.2. The Hall–Kier alpha value is -4.41. The lowest BCUT2D eigenvalue weighted by molar-refractivity contribution is -0.155. The van der Waals surface area contributed by atoms with Crippen LogP contribution in [0.4, 0.5) is 9.59 Å². The lowest BCUT2D eigenvalue weighted by atomic mass is 9.86. The first-order chi connectivity index (χ1) is 20.7. The summed E-state index contributed by atoms with van der Waals surface area (Å²) in [6.07, 6.45) is 3.60. The number of rotatable bonds is 8. The number of carbonyl (C=O) groups excluding carboxylic acids is 4. The molecule has 2 aromatic rings. The number of nitrogens with zero attached hydrogens (tertiary/aromatic N) is 3. The fourth-order valence-electron chi connectivity index (χ4n) is 5.38. The number of piperidine rings is 1. The number of likely N-dealkylation sites (N-methyl/N-ethyl adjacent to an activating group) is 1. The summed E-state index contributed by atoms with van der Waals surface area (Å²) in [4.78, 5) is 56.0. The second-order valence-electron chi connectivity index (χ2n) is 11.3. The van der Waals surface area contributed by atoms with Crippen molar-refractivity contribution < 1.29 is 28.7 Å². The van der Waals surface area contributed by atoms with Crippen LogP contribution in [-0.4, -0.2) is 79.5 Å². The Balaban J connectivity index is 1.17. The molecule has 0 unspecified atom stereocenters. The van der Waals surface area contributed by atoms with Crippen molar-refractivity contribution in [2.24, 2.45) is 16.6 Å². The monoisotopic (exact) mass is 591 g/mol. The molecule has 11 nitrogen and oxygen atoms in total. The van der Waals surface area contributed by atoms with Gasteiger partial charge in [0.15, 0.2) is 6.61 Å². The third-order valence-electron chi connectivity index (χ3n) is 8.10. The van der Waals surface area contributed by atoms with Gasteiger partial charge in [-0.3, -0.25) is 9.59 Å². The van der Waals surface area contributed by atoms with Crippen LogP contribution in [-0.2, 0) is 25.7 Å². The first kappa shape index (κ1) is 31.5. The van der Waals surface area contributed by atoms with Gasteiger partial charge >= 0.3 is 18.1 Å². The first-order valence-electron chi connectivity index (χ1n) is 14.8. The van der Waals surface area contributed by atoms with Gasteiger partial charge in [-0.1, -0.05) is 54.6 Å². The van der Waals surface area contributed by atoms with E-state index in [4.69, 9.17) is 15.2 Å². The van der Waals surface area contributed by atoms with E-state index in [9.17, 15) is 19.2 Å². The summed E-state index contributed by atoms with van der Waals surface area (Å²) in [6, 6.07) is 17.0. The minimum Gasteiger partial charge on any atom is -0.455 e. The van der Waals surface area contributed by atoms with Gasteiger partial charge in [0.1, 0.15) is 12.4 Å². The normalized spacial score (nSPS) is 19.3. The Labute approximate surface area is 252 Å². The highest BCUT2D eigenvalue weighted by Gasteiger charge is 2.30. The van der Waals surface area contributed by atoms with Crippen LogP contribution in [0.5, 0.6) is 0 Å². The largest absolute Gasteiger partial charge is 0.455 e. The van der Waals surface area contributed by atoms with E-state index in [1.54, 1.807) is 14.1 Å². The molecule has 1 heterocycles. The summed E-state index contributed by atoms with van der Waals surface area (Å²) in [6.45, 7) is 1.19. The molecule has 1 aliphatic heterocycles. The predicted molar refractivity (Wildman–Crippen MR) is 161 cm³/mol. The minimum atomic E-state index is -0.736. The Morgan fingerprint density at radius 1 is 0.907 bits per heavy atom. The predicted octanol–water partition coefficient (Wildman–Crippen LogP) is 3.81. The van der Waals surface area contributed by atoms with Crippen molar-refractivity contribution in [2.75, 3.05) is 33.8 Å². The van der Waals surface area contributed by atoms with E-state index in [0.717, 1.165) is 24.0 Å². The van der Waals surface area contributed by atoms with Crippen molar-refractivity contribution in [3.05, 3.63) is 71.3 Å². The molecule has 43 heavy (non-hydrogen) atoms. The van der Waals surface area contributed by atoms with Crippen LogP contribution in [0.15, 0.2) is 59.6 Å². The van der Waals surface area contributed by atoms with E-state index >= 15 is 0 Å². The van der Waals surface area contributed by atoms with E-state index in [0.29, 0.717) is 50.3 Å². The summed E-state index contributed by atoms with van der Waals surface area (Å²) in [5, 5.41) is 3.13. The molecule has 2 aliphatic rings. The molecule has 2 fully saturated rings. The van der Waals surface area contributed by atoms with Crippen LogP contribution in [0.1, 0.15) is 61.1 Å². The molecule has 0 spiro atoms. The topological polar surface area (TPSA) is 144 Å². The van der Waals surface area contributed by atoms with Crippen LogP contribution >= 0.6 is 0 Å². The molecule has 230 valence electrons. The Morgan fingerprint density at radius 2 is 1.56 bits per heavy atom. The second-order valence-corrected chi connectivity index (χ2v) is 11.3. The van der Waals surface area contributed by atoms with Crippen LogP contribution < -0.4 is 11.1 Å². The number of aliphatic imine (C=N–C) groups is 1. The number of nitrogens with two attached hydrogens (primary N) is 1. The minimum absolute atomic E-state index is 0.0213. The fourth-order valence-corrected chi connectivity index (χ4v) is 5.38. The molecule has 1 saturated heterocycles. The SMILES string of the molecule is CN(C)C(=O)COC(=O)C1CCC(NC(=O)N2CCC(c3ccc(C(N)=NC(=O)OCc4ccccc4)cc3)CC2)CC1.